The number of carbonyl (C=O) groups is 3. The summed E-state index contributed by atoms with van der Waals surface area (Å²) in [4.78, 5) is 35.1. The smallest absolute Gasteiger partial charge is 0.306 e. The Kier molecular flexibility index (Phi) is 6.70. The number of anilines is 2. The van der Waals surface area contributed by atoms with Gasteiger partial charge in [0.2, 0.25) is 5.91 Å². The van der Waals surface area contributed by atoms with Crippen LogP contribution in [0.1, 0.15) is 37.3 Å². The van der Waals surface area contributed by atoms with E-state index in [1.807, 2.05) is 6.92 Å². The number of benzene rings is 1. The normalized spacial score (nSPS) is 11.6. The average Bonchev–Trinajstić information content (AvgIpc) is 2.92. The number of aryl methyl sites for hydroxylation is 2. The molecule has 2 rings (SSSR count). The molecule has 2 aromatic rings. The Morgan fingerprint density at radius 2 is 1.70 bits per heavy atom. The van der Waals surface area contributed by atoms with Crippen LogP contribution in [0.5, 0.6) is 0 Å². The van der Waals surface area contributed by atoms with Crippen LogP contribution in [-0.2, 0) is 25.5 Å². The molecule has 1 aromatic heterocycles. The SMILES string of the molecule is CC(=O)Nc1ccc(NC(=O)C(C)OC(=O)CCc2c(C)noc2C)cc1. The predicted octanol–water partition coefficient (Wildman–Crippen LogP) is 2.75. The summed E-state index contributed by atoms with van der Waals surface area (Å²) < 4.78 is 10.2. The van der Waals surface area contributed by atoms with Gasteiger partial charge in [0.1, 0.15) is 5.76 Å². The minimum absolute atomic E-state index is 0.131. The molecule has 0 bridgehead atoms. The van der Waals surface area contributed by atoms with E-state index in [-0.39, 0.29) is 12.3 Å². The lowest BCUT2D eigenvalue weighted by atomic mass is 10.1. The first-order valence-electron chi connectivity index (χ1n) is 8.56. The van der Waals surface area contributed by atoms with Crippen molar-refractivity contribution in [1.82, 2.24) is 5.16 Å². The summed E-state index contributed by atoms with van der Waals surface area (Å²) in [5.74, 6) is -0.413. The molecule has 0 aliphatic heterocycles. The van der Waals surface area contributed by atoms with E-state index in [4.69, 9.17) is 9.26 Å². The lowest BCUT2D eigenvalue weighted by Crippen LogP contribution is -2.30. The molecule has 0 saturated heterocycles. The van der Waals surface area contributed by atoms with Gasteiger partial charge < -0.3 is 19.9 Å². The first-order valence-corrected chi connectivity index (χ1v) is 8.56. The quantitative estimate of drug-likeness (QED) is 0.722. The zero-order chi connectivity index (χ0) is 20.0. The van der Waals surface area contributed by atoms with E-state index in [1.165, 1.54) is 13.8 Å². The Labute approximate surface area is 157 Å². The molecule has 2 amide bonds. The lowest BCUT2D eigenvalue weighted by Gasteiger charge is -2.14. The zero-order valence-corrected chi connectivity index (χ0v) is 15.8. The number of ether oxygens (including phenoxy) is 1. The fraction of sp³-hybridized carbons (Fsp3) is 0.368. The van der Waals surface area contributed by atoms with Gasteiger partial charge in [-0.1, -0.05) is 5.16 Å². The minimum atomic E-state index is -0.933. The Morgan fingerprint density at radius 1 is 1.11 bits per heavy atom. The molecule has 1 aromatic carbocycles. The largest absolute Gasteiger partial charge is 0.453 e. The first-order chi connectivity index (χ1) is 12.8. The maximum Gasteiger partial charge on any atom is 0.306 e. The van der Waals surface area contributed by atoms with E-state index in [1.54, 1.807) is 31.2 Å². The minimum Gasteiger partial charge on any atom is -0.453 e. The Bertz CT molecular complexity index is 807. The lowest BCUT2D eigenvalue weighted by molar-refractivity contribution is -0.153. The van der Waals surface area contributed by atoms with Gasteiger partial charge in [-0.15, -0.1) is 0 Å². The monoisotopic (exact) mass is 373 g/mol. The van der Waals surface area contributed by atoms with Crippen molar-refractivity contribution < 1.29 is 23.6 Å². The highest BCUT2D eigenvalue weighted by Crippen LogP contribution is 2.16. The molecule has 2 N–H and O–H groups in total. The van der Waals surface area contributed by atoms with Crippen molar-refractivity contribution in [2.24, 2.45) is 0 Å². The third kappa shape index (κ3) is 5.95. The molecule has 8 nitrogen and oxygen atoms in total. The molecule has 0 aliphatic rings. The van der Waals surface area contributed by atoms with E-state index in [2.05, 4.69) is 15.8 Å². The number of rotatable bonds is 7. The predicted molar refractivity (Wildman–Crippen MR) is 99.2 cm³/mol. The molecule has 1 unspecified atom stereocenters. The molecule has 0 saturated carbocycles. The molecular formula is C19H23N3O5. The number of hydrogen-bond donors (Lipinski definition) is 2. The second kappa shape index (κ2) is 8.98. The van der Waals surface area contributed by atoms with Crippen LogP contribution in [0.3, 0.4) is 0 Å². The van der Waals surface area contributed by atoms with Crippen molar-refractivity contribution in [3.05, 3.63) is 41.3 Å². The molecule has 1 atom stereocenters. The maximum atomic E-state index is 12.2. The standard InChI is InChI=1S/C19H23N3O5/c1-11-17(12(2)27-22-11)9-10-18(24)26-13(3)19(25)21-16-7-5-15(6-8-16)20-14(4)23/h5-8,13H,9-10H2,1-4H3,(H,20,23)(H,21,25). The Hall–Kier alpha value is -3.16. The molecule has 27 heavy (non-hydrogen) atoms. The fourth-order valence-electron chi connectivity index (χ4n) is 2.48. The van der Waals surface area contributed by atoms with Gasteiger partial charge in [-0.2, -0.15) is 0 Å². The molecule has 0 radical (unpaired) electrons. The summed E-state index contributed by atoms with van der Waals surface area (Å²) in [5, 5.41) is 9.13. The Balaban J connectivity index is 1.82. The molecule has 1 heterocycles. The van der Waals surface area contributed by atoms with Crippen LogP contribution in [0.2, 0.25) is 0 Å². The summed E-state index contributed by atoms with van der Waals surface area (Å²) in [7, 11) is 0. The third-order valence-electron chi connectivity index (χ3n) is 3.91. The van der Waals surface area contributed by atoms with Gasteiger partial charge in [-0.25, -0.2) is 0 Å². The van der Waals surface area contributed by atoms with Crippen LogP contribution in [0.15, 0.2) is 28.8 Å². The van der Waals surface area contributed by atoms with E-state index in [0.29, 0.717) is 23.6 Å². The van der Waals surface area contributed by atoms with Crippen molar-refractivity contribution in [2.45, 2.75) is 46.6 Å². The van der Waals surface area contributed by atoms with Gasteiger partial charge in [0, 0.05) is 30.3 Å². The van der Waals surface area contributed by atoms with Crippen molar-refractivity contribution in [3.8, 4) is 0 Å². The highest BCUT2D eigenvalue weighted by molar-refractivity contribution is 5.95. The van der Waals surface area contributed by atoms with Crippen LogP contribution < -0.4 is 10.6 Å². The summed E-state index contributed by atoms with van der Waals surface area (Å²) in [5.41, 5.74) is 2.78. The summed E-state index contributed by atoms with van der Waals surface area (Å²) in [6, 6.07) is 6.62. The van der Waals surface area contributed by atoms with Crippen molar-refractivity contribution >= 4 is 29.2 Å². The zero-order valence-electron chi connectivity index (χ0n) is 15.8. The molecule has 0 aliphatic carbocycles. The summed E-state index contributed by atoms with van der Waals surface area (Å²) in [6.45, 7) is 6.52. The number of esters is 1. The van der Waals surface area contributed by atoms with Gasteiger partial charge in [0.25, 0.3) is 5.91 Å². The van der Waals surface area contributed by atoms with Crippen molar-refractivity contribution in [2.75, 3.05) is 10.6 Å². The topological polar surface area (TPSA) is 111 Å². The summed E-state index contributed by atoms with van der Waals surface area (Å²) in [6.07, 6.45) is -0.359. The average molecular weight is 373 g/mol. The highest BCUT2D eigenvalue weighted by Gasteiger charge is 2.19. The molecule has 0 fully saturated rings. The number of nitrogens with one attached hydrogen (secondary N) is 2. The second-order valence-electron chi connectivity index (χ2n) is 6.18. The van der Waals surface area contributed by atoms with E-state index in [9.17, 15) is 14.4 Å². The van der Waals surface area contributed by atoms with Gasteiger partial charge in [-0.3, -0.25) is 14.4 Å². The van der Waals surface area contributed by atoms with Gasteiger partial charge >= 0.3 is 5.97 Å². The van der Waals surface area contributed by atoms with Crippen molar-refractivity contribution in [1.29, 1.82) is 0 Å². The van der Waals surface area contributed by atoms with Crippen LogP contribution in [0.25, 0.3) is 0 Å². The molecule has 8 heteroatoms. The van der Waals surface area contributed by atoms with Gasteiger partial charge in [-0.05, 0) is 51.5 Å². The van der Waals surface area contributed by atoms with Crippen LogP contribution >= 0.6 is 0 Å². The van der Waals surface area contributed by atoms with Gasteiger partial charge in [0.05, 0.1) is 5.69 Å². The number of hydrogen-bond acceptors (Lipinski definition) is 6. The van der Waals surface area contributed by atoms with Crippen molar-refractivity contribution in [3.63, 3.8) is 0 Å². The van der Waals surface area contributed by atoms with E-state index in [0.717, 1.165) is 11.3 Å². The van der Waals surface area contributed by atoms with Crippen LogP contribution in [0.4, 0.5) is 11.4 Å². The number of nitrogens with zero attached hydrogens (tertiary/aromatic N) is 1. The second-order valence-corrected chi connectivity index (χ2v) is 6.18. The molecule has 144 valence electrons. The number of aromatic nitrogens is 1. The number of amides is 2. The van der Waals surface area contributed by atoms with Crippen LogP contribution in [-0.4, -0.2) is 29.0 Å². The number of carbonyl (C=O) groups excluding carboxylic acids is 3. The maximum absolute atomic E-state index is 12.2. The van der Waals surface area contributed by atoms with E-state index < -0.39 is 18.0 Å². The van der Waals surface area contributed by atoms with Crippen LogP contribution in [0, 0.1) is 13.8 Å². The molecular weight excluding hydrogens is 350 g/mol. The third-order valence-corrected chi connectivity index (χ3v) is 3.91. The van der Waals surface area contributed by atoms with E-state index >= 15 is 0 Å². The first kappa shape index (κ1) is 20.2. The fourth-order valence-corrected chi connectivity index (χ4v) is 2.48. The molecule has 0 spiro atoms. The highest BCUT2D eigenvalue weighted by atomic mass is 16.5. The Morgan fingerprint density at radius 3 is 2.22 bits per heavy atom. The van der Waals surface area contributed by atoms with Gasteiger partial charge in [0.15, 0.2) is 6.10 Å². The summed E-state index contributed by atoms with van der Waals surface area (Å²) >= 11 is 0.